The Morgan fingerprint density at radius 3 is 2.38 bits per heavy atom. The first-order chi connectivity index (χ1) is 11.5. The molecule has 3 nitrogen and oxygen atoms in total. The predicted octanol–water partition coefficient (Wildman–Crippen LogP) is 5.18. The van der Waals surface area contributed by atoms with E-state index in [1.54, 1.807) is 17.6 Å². The van der Waals surface area contributed by atoms with Crippen molar-refractivity contribution in [2.45, 2.75) is 34.1 Å². The third-order valence-electron chi connectivity index (χ3n) is 3.62. The monoisotopic (exact) mass is 390 g/mol. The van der Waals surface area contributed by atoms with Crippen LogP contribution in [0.1, 0.15) is 32.2 Å². The fraction of sp³-hybridized carbons (Fsp3) is 0.263. The van der Waals surface area contributed by atoms with Crippen molar-refractivity contribution >= 4 is 26.8 Å². The van der Waals surface area contributed by atoms with Crippen LogP contribution in [0.5, 0.6) is 0 Å². The van der Waals surface area contributed by atoms with E-state index in [4.69, 9.17) is 0 Å². The molecule has 24 heavy (non-hydrogen) atoms. The summed E-state index contributed by atoms with van der Waals surface area (Å²) >= 11 is 3.38. The van der Waals surface area contributed by atoms with Crippen LogP contribution >= 0.6 is 15.9 Å². The Labute approximate surface area is 149 Å². The summed E-state index contributed by atoms with van der Waals surface area (Å²) in [5.41, 5.74) is 1.42. The molecule has 0 spiro atoms. The van der Waals surface area contributed by atoms with Gasteiger partial charge in [0.15, 0.2) is 0 Å². The molecule has 0 atom stereocenters. The number of aryl methyl sites for hydroxylation is 2. The summed E-state index contributed by atoms with van der Waals surface area (Å²) in [6.07, 6.45) is 0.580. The molecule has 0 saturated heterocycles. The van der Waals surface area contributed by atoms with E-state index in [1.807, 2.05) is 45.0 Å². The fourth-order valence-electron chi connectivity index (χ4n) is 2.46. The quantitative estimate of drug-likeness (QED) is 0.603. The summed E-state index contributed by atoms with van der Waals surface area (Å²) in [4.78, 5) is 17.3. The Hall–Kier alpha value is -2.01. The van der Waals surface area contributed by atoms with Crippen LogP contribution in [0, 0.1) is 12.7 Å². The van der Waals surface area contributed by atoms with E-state index in [0.29, 0.717) is 28.7 Å². The molecular weight excluding hydrogens is 371 g/mol. The van der Waals surface area contributed by atoms with Crippen LogP contribution in [-0.4, -0.2) is 9.55 Å². The summed E-state index contributed by atoms with van der Waals surface area (Å²) in [7, 11) is 0. The standard InChI is InChI=1S/C17H14BrFN2O.C2H6/c1-3-16-20-15-9-14(19)10(2)8-13(15)17(22)21(16)12-6-4-11(18)5-7-12;1-2/h4-9H,3H2,1-2H3;1-2H3. The highest BCUT2D eigenvalue weighted by Crippen LogP contribution is 2.18. The van der Waals surface area contributed by atoms with Crippen LogP contribution in [-0.2, 0) is 6.42 Å². The maximum atomic E-state index is 13.7. The SMILES string of the molecule is CC.CCc1nc2cc(F)c(C)cc2c(=O)n1-c1ccc(Br)cc1. The fourth-order valence-corrected chi connectivity index (χ4v) is 2.72. The number of aromatic nitrogens is 2. The molecule has 3 aromatic rings. The van der Waals surface area contributed by atoms with Crippen LogP contribution in [0.15, 0.2) is 45.7 Å². The van der Waals surface area contributed by atoms with Crippen molar-refractivity contribution in [1.82, 2.24) is 9.55 Å². The molecule has 126 valence electrons. The lowest BCUT2D eigenvalue weighted by Gasteiger charge is -2.13. The van der Waals surface area contributed by atoms with Gasteiger partial charge in [0.1, 0.15) is 11.6 Å². The molecule has 2 aromatic carbocycles. The van der Waals surface area contributed by atoms with E-state index in [9.17, 15) is 9.18 Å². The van der Waals surface area contributed by atoms with Crippen LogP contribution in [0.2, 0.25) is 0 Å². The molecule has 3 rings (SSSR count). The maximum Gasteiger partial charge on any atom is 0.265 e. The largest absolute Gasteiger partial charge is 0.268 e. The predicted molar refractivity (Wildman–Crippen MR) is 100 cm³/mol. The maximum absolute atomic E-state index is 13.7. The van der Waals surface area contributed by atoms with Crippen LogP contribution in [0.3, 0.4) is 0 Å². The molecule has 0 fully saturated rings. The molecule has 0 saturated carbocycles. The zero-order valence-electron chi connectivity index (χ0n) is 14.2. The molecule has 5 heteroatoms. The number of benzene rings is 2. The molecule has 0 amide bonds. The Kier molecular flexibility index (Phi) is 5.89. The van der Waals surface area contributed by atoms with Crippen LogP contribution in [0.4, 0.5) is 4.39 Å². The normalized spacial score (nSPS) is 10.4. The molecular formula is C19H20BrFN2O. The van der Waals surface area contributed by atoms with E-state index >= 15 is 0 Å². The van der Waals surface area contributed by atoms with E-state index in [-0.39, 0.29) is 11.4 Å². The average molecular weight is 391 g/mol. The number of nitrogens with zero attached hydrogens (tertiary/aromatic N) is 2. The third kappa shape index (κ3) is 3.41. The first-order valence-electron chi connectivity index (χ1n) is 7.99. The lowest BCUT2D eigenvalue weighted by atomic mass is 10.1. The minimum Gasteiger partial charge on any atom is -0.268 e. The lowest BCUT2D eigenvalue weighted by molar-refractivity contribution is 0.620. The first kappa shape index (κ1) is 18.3. The van der Waals surface area contributed by atoms with Gasteiger partial charge in [0.2, 0.25) is 0 Å². The average Bonchev–Trinajstić information content (AvgIpc) is 2.59. The van der Waals surface area contributed by atoms with Gasteiger partial charge in [-0.05, 0) is 42.8 Å². The molecule has 0 radical (unpaired) electrons. The summed E-state index contributed by atoms with van der Waals surface area (Å²) in [5, 5.41) is 0.430. The van der Waals surface area contributed by atoms with Crippen molar-refractivity contribution in [3.63, 3.8) is 0 Å². The number of halogens is 2. The minimum atomic E-state index is -0.345. The van der Waals surface area contributed by atoms with E-state index in [2.05, 4.69) is 20.9 Å². The van der Waals surface area contributed by atoms with Crippen molar-refractivity contribution in [2.24, 2.45) is 0 Å². The second-order valence-corrected chi connectivity index (χ2v) is 6.03. The second-order valence-electron chi connectivity index (χ2n) is 5.12. The highest BCUT2D eigenvalue weighted by atomic mass is 79.9. The van der Waals surface area contributed by atoms with E-state index < -0.39 is 0 Å². The van der Waals surface area contributed by atoms with Gasteiger partial charge in [-0.3, -0.25) is 9.36 Å². The smallest absolute Gasteiger partial charge is 0.265 e. The number of rotatable bonds is 2. The molecule has 0 aliphatic carbocycles. The summed E-state index contributed by atoms with van der Waals surface area (Å²) in [6, 6.07) is 10.4. The number of hydrogen-bond donors (Lipinski definition) is 0. The van der Waals surface area contributed by atoms with Crippen LogP contribution < -0.4 is 5.56 Å². The topological polar surface area (TPSA) is 34.9 Å². The van der Waals surface area contributed by atoms with Gasteiger partial charge in [0.05, 0.1) is 16.6 Å². The molecule has 0 aliphatic rings. The van der Waals surface area contributed by atoms with Gasteiger partial charge in [-0.25, -0.2) is 9.37 Å². The van der Waals surface area contributed by atoms with Gasteiger partial charge in [-0.15, -0.1) is 0 Å². The molecule has 1 aromatic heterocycles. The minimum absolute atomic E-state index is 0.174. The van der Waals surface area contributed by atoms with Gasteiger partial charge >= 0.3 is 0 Å². The van der Waals surface area contributed by atoms with Crippen molar-refractivity contribution in [3.05, 3.63) is 68.4 Å². The second kappa shape index (κ2) is 7.71. The molecule has 0 bridgehead atoms. The van der Waals surface area contributed by atoms with Gasteiger partial charge in [0, 0.05) is 17.0 Å². The van der Waals surface area contributed by atoms with Crippen molar-refractivity contribution in [1.29, 1.82) is 0 Å². The zero-order valence-corrected chi connectivity index (χ0v) is 15.8. The Bertz CT molecular complexity index is 917. The lowest BCUT2D eigenvalue weighted by Crippen LogP contribution is -2.23. The highest BCUT2D eigenvalue weighted by Gasteiger charge is 2.13. The van der Waals surface area contributed by atoms with Gasteiger partial charge < -0.3 is 0 Å². The molecule has 0 aliphatic heterocycles. The molecule has 0 N–H and O–H groups in total. The van der Waals surface area contributed by atoms with Crippen molar-refractivity contribution < 1.29 is 4.39 Å². The van der Waals surface area contributed by atoms with E-state index in [1.165, 1.54) is 6.07 Å². The Morgan fingerprint density at radius 2 is 1.79 bits per heavy atom. The first-order valence-corrected chi connectivity index (χ1v) is 8.78. The van der Waals surface area contributed by atoms with Crippen LogP contribution in [0.25, 0.3) is 16.6 Å². The summed E-state index contributed by atoms with van der Waals surface area (Å²) in [5.74, 6) is 0.269. The van der Waals surface area contributed by atoms with Gasteiger partial charge in [-0.2, -0.15) is 0 Å². The Balaban J connectivity index is 0.00000100. The highest BCUT2D eigenvalue weighted by molar-refractivity contribution is 9.10. The molecule has 0 unspecified atom stereocenters. The number of fused-ring (bicyclic) bond motifs is 1. The van der Waals surface area contributed by atoms with Gasteiger partial charge in [-0.1, -0.05) is 36.7 Å². The van der Waals surface area contributed by atoms with E-state index in [0.717, 1.165) is 10.2 Å². The van der Waals surface area contributed by atoms with Crippen molar-refractivity contribution in [2.75, 3.05) is 0 Å². The zero-order chi connectivity index (χ0) is 17.9. The van der Waals surface area contributed by atoms with Crippen molar-refractivity contribution in [3.8, 4) is 5.69 Å². The van der Waals surface area contributed by atoms with Gasteiger partial charge in [0.25, 0.3) is 5.56 Å². The summed E-state index contributed by atoms with van der Waals surface area (Å²) in [6.45, 7) is 7.57. The molecule has 1 heterocycles. The Morgan fingerprint density at radius 1 is 1.17 bits per heavy atom. The number of hydrogen-bond acceptors (Lipinski definition) is 2. The summed E-state index contributed by atoms with van der Waals surface area (Å²) < 4.78 is 16.3. The third-order valence-corrected chi connectivity index (χ3v) is 4.15.